The van der Waals surface area contributed by atoms with Gasteiger partial charge in [-0.1, -0.05) is 18.6 Å². The van der Waals surface area contributed by atoms with E-state index in [2.05, 4.69) is 20.8 Å². The minimum absolute atomic E-state index is 0.196. The first-order valence-corrected chi connectivity index (χ1v) is 10.1. The molecule has 2 amide bonds. The first kappa shape index (κ1) is 20.9. The highest BCUT2D eigenvalue weighted by molar-refractivity contribution is 5.80. The van der Waals surface area contributed by atoms with Crippen LogP contribution in [0.4, 0.5) is 4.39 Å². The molecule has 1 aromatic carbocycles. The Morgan fingerprint density at radius 2 is 2.17 bits per heavy atom. The van der Waals surface area contributed by atoms with Gasteiger partial charge in [-0.15, -0.1) is 5.10 Å². The SMILES string of the molecule is Cc1nnnn1C(Cc1cccc(F)c1)C(=O)NCCCN1CCCCCC1=O. The summed E-state index contributed by atoms with van der Waals surface area (Å²) in [4.78, 5) is 26.8. The number of hydrogen-bond acceptors (Lipinski definition) is 5. The Morgan fingerprint density at radius 3 is 2.93 bits per heavy atom. The van der Waals surface area contributed by atoms with Gasteiger partial charge in [-0.3, -0.25) is 9.59 Å². The highest BCUT2D eigenvalue weighted by Gasteiger charge is 2.24. The largest absolute Gasteiger partial charge is 0.354 e. The number of rotatable bonds is 8. The van der Waals surface area contributed by atoms with Crippen molar-refractivity contribution in [3.05, 3.63) is 41.5 Å². The van der Waals surface area contributed by atoms with Crippen LogP contribution in [0.2, 0.25) is 0 Å². The number of benzene rings is 1. The molecule has 3 rings (SSSR count). The summed E-state index contributed by atoms with van der Waals surface area (Å²) in [5.41, 5.74) is 0.690. The highest BCUT2D eigenvalue weighted by Crippen LogP contribution is 2.16. The molecule has 1 saturated heterocycles. The number of tetrazole rings is 1. The van der Waals surface area contributed by atoms with Crippen LogP contribution in [0, 0.1) is 12.7 Å². The van der Waals surface area contributed by atoms with Crippen LogP contribution in [0.15, 0.2) is 24.3 Å². The fourth-order valence-electron chi connectivity index (χ4n) is 3.58. The van der Waals surface area contributed by atoms with Gasteiger partial charge in [0.1, 0.15) is 17.7 Å². The number of halogens is 1. The molecule has 1 N–H and O–H groups in total. The number of aryl methyl sites for hydroxylation is 1. The van der Waals surface area contributed by atoms with Crippen molar-refractivity contribution in [2.45, 2.75) is 51.5 Å². The van der Waals surface area contributed by atoms with Crippen molar-refractivity contribution in [1.29, 1.82) is 0 Å². The lowest BCUT2D eigenvalue weighted by molar-refractivity contribution is -0.130. The van der Waals surface area contributed by atoms with E-state index in [0.29, 0.717) is 37.3 Å². The fourth-order valence-corrected chi connectivity index (χ4v) is 3.58. The molecule has 2 heterocycles. The van der Waals surface area contributed by atoms with E-state index in [1.165, 1.54) is 16.8 Å². The molecule has 1 atom stereocenters. The van der Waals surface area contributed by atoms with Crippen LogP contribution in [0.25, 0.3) is 0 Å². The molecule has 8 nitrogen and oxygen atoms in total. The Balaban J connectivity index is 1.58. The second-order valence-electron chi connectivity index (χ2n) is 7.36. The maximum absolute atomic E-state index is 13.5. The van der Waals surface area contributed by atoms with Gasteiger partial charge in [0, 0.05) is 32.5 Å². The molecule has 0 spiro atoms. The summed E-state index contributed by atoms with van der Waals surface area (Å²) in [5.74, 6) is 0.128. The van der Waals surface area contributed by atoms with E-state index in [0.717, 1.165) is 25.8 Å². The van der Waals surface area contributed by atoms with Crippen LogP contribution in [-0.4, -0.2) is 56.6 Å². The van der Waals surface area contributed by atoms with Crippen molar-refractivity contribution in [2.75, 3.05) is 19.6 Å². The molecule has 1 aliphatic rings. The quantitative estimate of drug-likeness (QED) is 0.680. The zero-order chi connectivity index (χ0) is 20.6. The zero-order valence-corrected chi connectivity index (χ0v) is 16.7. The Labute approximate surface area is 169 Å². The van der Waals surface area contributed by atoms with Gasteiger partial charge in [-0.25, -0.2) is 9.07 Å². The average Bonchev–Trinajstić information content (AvgIpc) is 3.01. The molecule has 0 radical (unpaired) electrons. The van der Waals surface area contributed by atoms with Crippen LogP contribution >= 0.6 is 0 Å². The van der Waals surface area contributed by atoms with Crippen LogP contribution in [0.3, 0.4) is 0 Å². The third-order valence-corrected chi connectivity index (χ3v) is 5.15. The Morgan fingerprint density at radius 1 is 1.31 bits per heavy atom. The van der Waals surface area contributed by atoms with E-state index in [-0.39, 0.29) is 24.1 Å². The van der Waals surface area contributed by atoms with Gasteiger partial charge in [0.05, 0.1) is 0 Å². The van der Waals surface area contributed by atoms with E-state index >= 15 is 0 Å². The van der Waals surface area contributed by atoms with E-state index in [4.69, 9.17) is 0 Å². The third kappa shape index (κ3) is 5.82. The molecule has 1 aliphatic heterocycles. The van der Waals surface area contributed by atoms with E-state index in [9.17, 15) is 14.0 Å². The summed E-state index contributed by atoms with van der Waals surface area (Å²) in [6, 6.07) is 5.49. The van der Waals surface area contributed by atoms with E-state index in [1.54, 1.807) is 19.1 Å². The third-order valence-electron chi connectivity index (χ3n) is 5.15. The van der Waals surface area contributed by atoms with E-state index in [1.807, 2.05) is 4.90 Å². The lowest BCUT2D eigenvalue weighted by atomic mass is 10.0. The smallest absolute Gasteiger partial charge is 0.245 e. The summed E-state index contributed by atoms with van der Waals surface area (Å²) < 4.78 is 15.0. The van der Waals surface area contributed by atoms with E-state index < -0.39 is 6.04 Å². The number of nitrogens with one attached hydrogen (secondary N) is 1. The summed E-state index contributed by atoms with van der Waals surface area (Å²) >= 11 is 0. The van der Waals surface area contributed by atoms with Crippen molar-refractivity contribution < 1.29 is 14.0 Å². The van der Waals surface area contributed by atoms with Crippen molar-refractivity contribution in [3.8, 4) is 0 Å². The minimum atomic E-state index is -0.674. The second kappa shape index (κ2) is 10.1. The van der Waals surface area contributed by atoms with Gasteiger partial charge in [0.25, 0.3) is 0 Å². The molecule has 0 aliphatic carbocycles. The minimum Gasteiger partial charge on any atom is -0.354 e. The van der Waals surface area contributed by atoms with Gasteiger partial charge in [0.2, 0.25) is 11.8 Å². The molecular weight excluding hydrogens is 375 g/mol. The van der Waals surface area contributed by atoms with Crippen molar-refractivity contribution >= 4 is 11.8 Å². The maximum atomic E-state index is 13.5. The topological polar surface area (TPSA) is 93.0 Å². The van der Waals surface area contributed by atoms with Gasteiger partial charge >= 0.3 is 0 Å². The summed E-state index contributed by atoms with van der Waals surface area (Å²) in [6.07, 6.45) is 4.65. The lowest BCUT2D eigenvalue weighted by Crippen LogP contribution is -2.37. The molecule has 9 heteroatoms. The zero-order valence-electron chi connectivity index (χ0n) is 16.7. The first-order valence-electron chi connectivity index (χ1n) is 10.1. The Kier molecular flexibility index (Phi) is 7.26. The summed E-state index contributed by atoms with van der Waals surface area (Å²) in [6.45, 7) is 3.59. The predicted molar refractivity (Wildman–Crippen MR) is 104 cm³/mol. The Bertz CT molecular complexity index is 840. The number of carbonyl (C=O) groups excluding carboxylic acids is 2. The van der Waals surface area contributed by atoms with Crippen LogP contribution in [0.5, 0.6) is 0 Å². The number of carbonyl (C=O) groups is 2. The standard InChI is InChI=1S/C20H27FN6O2/c1-15-23-24-25-27(15)18(14-16-7-5-8-17(21)13-16)20(29)22-10-6-12-26-11-4-2-3-9-19(26)28/h5,7-8,13,18H,2-4,6,9-12,14H2,1H3,(H,22,29). The summed E-state index contributed by atoms with van der Waals surface area (Å²) in [7, 11) is 0. The normalized spacial score (nSPS) is 15.8. The Hall–Kier alpha value is -2.84. The number of hydrogen-bond donors (Lipinski definition) is 1. The summed E-state index contributed by atoms with van der Waals surface area (Å²) in [5, 5.41) is 14.3. The van der Waals surface area contributed by atoms with Gasteiger partial charge < -0.3 is 10.2 Å². The molecule has 156 valence electrons. The first-order chi connectivity index (χ1) is 14.0. The fraction of sp³-hybridized carbons (Fsp3) is 0.550. The van der Waals surface area contributed by atoms with Crippen molar-refractivity contribution in [2.24, 2.45) is 0 Å². The average molecular weight is 402 g/mol. The number of amides is 2. The molecule has 1 fully saturated rings. The monoisotopic (exact) mass is 402 g/mol. The number of nitrogens with zero attached hydrogens (tertiary/aromatic N) is 5. The molecule has 0 saturated carbocycles. The lowest BCUT2D eigenvalue weighted by Gasteiger charge is -2.21. The molecule has 2 aromatic rings. The van der Waals surface area contributed by atoms with Gasteiger partial charge in [-0.05, 0) is 54.3 Å². The number of aromatic nitrogens is 4. The molecule has 0 bridgehead atoms. The molecule has 29 heavy (non-hydrogen) atoms. The maximum Gasteiger partial charge on any atom is 0.245 e. The highest BCUT2D eigenvalue weighted by atomic mass is 19.1. The number of likely N-dealkylation sites (tertiary alicyclic amines) is 1. The van der Waals surface area contributed by atoms with Gasteiger partial charge in [-0.2, -0.15) is 0 Å². The molecule has 1 aromatic heterocycles. The molecular formula is C20H27FN6O2. The van der Waals surface area contributed by atoms with Crippen LogP contribution < -0.4 is 5.32 Å². The molecule has 1 unspecified atom stereocenters. The van der Waals surface area contributed by atoms with Crippen LogP contribution in [0.1, 0.15) is 49.5 Å². The van der Waals surface area contributed by atoms with Gasteiger partial charge in [0.15, 0.2) is 0 Å². The predicted octanol–water partition coefficient (Wildman–Crippen LogP) is 1.81. The van der Waals surface area contributed by atoms with Crippen LogP contribution in [-0.2, 0) is 16.0 Å². The van der Waals surface area contributed by atoms with Crippen molar-refractivity contribution in [3.63, 3.8) is 0 Å². The van der Waals surface area contributed by atoms with Crippen molar-refractivity contribution in [1.82, 2.24) is 30.4 Å². The second-order valence-corrected chi connectivity index (χ2v) is 7.36.